The lowest BCUT2D eigenvalue weighted by Crippen LogP contribution is -2.31. The van der Waals surface area contributed by atoms with Gasteiger partial charge in [0.15, 0.2) is 0 Å². The fourth-order valence-corrected chi connectivity index (χ4v) is 2.80. The number of nitriles is 1. The lowest BCUT2D eigenvalue weighted by atomic mass is 10.1. The molecule has 1 aliphatic rings. The third-order valence-corrected chi connectivity index (χ3v) is 3.90. The summed E-state index contributed by atoms with van der Waals surface area (Å²) in [5, 5.41) is 21.4. The second-order valence-corrected chi connectivity index (χ2v) is 5.69. The highest BCUT2D eigenvalue weighted by molar-refractivity contribution is 6.37. The van der Waals surface area contributed by atoms with E-state index in [4.69, 9.17) is 28.3 Å². The molecule has 126 valence electrons. The topological polar surface area (TPSA) is 103 Å². The minimum Gasteiger partial charge on any atom is -0.466 e. The minimum absolute atomic E-state index is 0.0124. The van der Waals surface area contributed by atoms with E-state index in [0.29, 0.717) is 0 Å². The van der Waals surface area contributed by atoms with Crippen molar-refractivity contribution in [2.45, 2.75) is 0 Å². The molecular formula is C15H13Cl2N3O4. The Labute approximate surface area is 148 Å². The summed E-state index contributed by atoms with van der Waals surface area (Å²) >= 11 is 12.0. The highest BCUT2D eigenvalue weighted by Crippen LogP contribution is 2.32. The molecule has 9 heteroatoms. The largest absolute Gasteiger partial charge is 0.466 e. The van der Waals surface area contributed by atoms with E-state index in [9.17, 15) is 14.9 Å². The van der Waals surface area contributed by atoms with Gasteiger partial charge in [-0.2, -0.15) is 5.26 Å². The maximum atomic E-state index is 12.4. The number of carbonyl (C=O) groups excluding carboxylic acids is 2. The predicted octanol–water partition coefficient (Wildman–Crippen LogP) is 1.54. The number of ether oxygens (including phenoxy) is 1. The lowest BCUT2D eigenvalue weighted by Gasteiger charge is -2.15. The molecule has 2 rings (SSSR count). The quantitative estimate of drug-likeness (QED) is 0.763. The van der Waals surface area contributed by atoms with Crippen molar-refractivity contribution in [2.24, 2.45) is 0 Å². The Bertz CT molecular complexity index is 771. The van der Waals surface area contributed by atoms with Crippen LogP contribution >= 0.6 is 23.2 Å². The number of aliphatic hydroxyl groups excluding tert-OH is 1. The third kappa shape index (κ3) is 3.46. The number of nitrogens with one attached hydrogen (secondary N) is 1. The summed E-state index contributed by atoms with van der Waals surface area (Å²) in [6, 6.07) is 4.73. The molecule has 24 heavy (non-hydrogen) atoms. The van der Waals surface area contributed by atoms with Gasteiger partial charge in [-0.05, 0) is 12.1 Å². The molecule has 7 nitrogen and oxygen atoms in total. The second kappa shape index (κ2) is 7.53. The van der Waals surface area contributed by atoms with E-state index in [1.807, 2.05) is 6.07 Å². The molecule has 0 radical (unpaired) electrons. The van der Waals surface area contributed by atoms with Gasteiger partial charge in [-0.15, -0.1) is 0 Å². The Morgan fingerprint density at radius 3 is 2.79 bits per heavy atom. The maximum absolute atomic E-state index is 12.4. The van der Waals surface area contributed by atoms with E-state index in [1.165, 1.54) is 24.1 Å². The number of β-amino-alcohol motifs (C(OH)–C–C–N with tert-alkyl or cyclic N) is 1. The molecule has 0 bridgehead atoms. The summed E-state index contributed by atoms with van der Waals surface area (Å²) in [6.45, 7) is -0.204. The van der Waals surface area contributed by atoms with Crippen LogP contribution in [0.1, 0.15) is 5.56 Å². The number of carbonyl (C=O) groups is 2. The van der Waals surface area contributed by atoms with Gasteiger partial charge in [0.05, 0.1) is 42.1 Å². The van der Waals surface area contributed by atoms with Crippen molar-refractivity contribution in [1.29, 1.82) is 5.26 Å². The molecule has 1 amide bonds. The molecule has 2 N–H and O–H groups in total. The number of esters is 1. The number of benzene rings is 1. The number of halogens is 2. The number of amides is 1. The Morgan fingerprint density at radius 2 is 2.21 bits per heavy atom. The first-order valence-corrected chi connectivity index (χ1v) is 7.56. The van der Waals surface area contributed by atoms with Crippen molar-refractivity contribution in [3.63, 3.8) is 0 Å². The first-order valence-electron chi connectivity index (χ1n) is 6.80. The Balaban J connectivity index is 2.47. The number of anilines is 1. The molecular weight excluding hydrogens is 357 g/mol. The van der Waals surface area contributed by atoms with E-state index in [1.54, 1.807) is 0 Å². The summed E-state index contributed by atoms with van der Waals surface area (Å²) in [7, 11) is 1.20. The molecule has 1 heterocycles. The second-order valence-electron chi connectivity index (χ2n) is 4.84. The number of rotatable bonds is 5. The predicted molar refractivity (Wildman–Crippen MR) is 87.5 cm³/mol. The molecule has 0 spiro atoms. The van der Waals surface area contributed by atoms with Gasteiger partial charge in [0.25, 0.3) is 5.91 Å². The molecule has 1 aliphatic heterocycles. The summed E-state index contributed by atoms with van der Waals surface area (Å²) in [5.74, 6) is -1.19. The van der Waals surface area contributed by atoms with Crippen LogP contribution in [0.15, 0.2) is 23.4 Å². The maximum Gasteiger partial charge on any atom is 0.337 e. The zero-order chi connectivity index (χ0) is 17.9. The highest BCUT2D eigenvalue weighted by atomic mass is 35.5. The van der Waals surface area contributed by atoms with Crippen LogP contribution in [-0.4, -0.2) is 48.7 Å². The van der Waals surface area contributed by atoms with E-state index >= 15 is 0 Å². The fourth-order valence-electron chi connectivity index (χ4n) is 2.26. The van der Waals surface area contributed by atoms with Gasteiger partial charge < -0.3 is 20.1 Å². The van der Waals surface area contributed by atoms with Crippen molar-refractivity contribution in [3.05, 3.63) is 39.0 Å². The molecule has 0 unspecified atom stereocenters. The van der Waals surface area contributed by atoms with Gasteiger partial charge in [-0.3, -0.25) is 4.79 Å². The summed E-state index contributed by atoms with van der Waals surface area (Å²) in [6.07, 6.45) is 0. The van der Waals surface area contributed by atoms with Crippen molar-refractivity contribution in [2.75, 3.05) is 32.1 Å². The van der Waals surface area contributed by atoms with Gasteiger partial charge in [0.2, 0.25) is 0 Å². The van der Waals surface area contributed by atoms with E-state index < -0.39 is 11.9 Å². The van der Waals surface area contributed by atoms with E-state index in [-0.39, 0.29) is 52.3 Å². The number of nitrogens with zero attached hydrogens (tertiary/aromatic N) is 2. The minimum atomic E-state index is -0.685. The zero-order valence-corrected chi connectivity index (χ0v) is 14.1. The summed E-state index contributed by atoms with van der Waals surface area (Å²) in [5.41, 5.74) is 0.332. The van der Waals surface area contributed by atoms with Gasteiger partial charge in [-0.1, -0.05) is 23.2 Å². The molecule has 0 saturated carbocycles. The van der Waals surface area contributed by atoms with Crippen LogP contribution in [0.5, 0.6) is 0 Å². The van der Waals surface area contributed by atoms with Crippen molar-refractivity contribution >= 4 is 40.8 Å². The smallest absolute Gasteiger partial charge is 0.337 e. The van der Waals surface area contributed by atoms with Gasteiger partial charge in [-0.25, -0.2) is 4.79 Å². The van der Waals surface area contributed by atoms with Gasteiger partial charge in [0.1, 0.15) is 11.8 Å². The zero-order valence-electron chi connectivity index (χ0n) is 12.6. The number of methoxy groups -OCH3 is 1. The normalized spacial score (nSPS) is 14.0. The van der Waals surface area contributed by atoms with Crippen LogP contribution in [0.4, 0.5) is 5.69 Å². The Kier molecular flexibility index (Phi) is 5.67. The van der Waals surface area contributed by atoms with Crippen LogP contribution in [0.2, 0.25) is 10.0 Å². The molecule has 1 aromatic carbocycles. The highest BCUT2D eigenvalue weighted by Gasteiger charge is 2.35. The van der Waals surface area contributed by atoms with Crippen LogP contribution < -0.4 is 5.32 Å². The van der Waals surface area contributed by atoms with Gasteiger partial charge in [0, 0.05) is 11.6 Å². The Hall–Kier alpha value is -2.27. The van der Waals surface area contributed by atoms with Crippen molar-refractivity contribution in [1.82, 2.24) is 4.90 Å². The Morgan fingerprint density at radius 1 is 1.50 bits per heavy atom. The average molecular weight is 370 g/mol. The van der Waals surface area contributed by atoms with E-state index in [0.717, 1.165) is 0 Å². The van der Waals surface area contributed by atoms with Crippen molar-refractivity contribution < 1.29 is 19.4 Å². The van der Waals surface area contributed by atoms with Crippen molar-refractivity contribution in [3.8, 4) is 6.07 Å². The molecule has 1 aromatic rings. The molecule has 0 fully saturated rings. The van der Waals surface area contributed by atoms with Gasteiger partial charge >= 0.3 is 5.97 Å². The third-order valence-electron chi connectivity index (χ3n) is 3.38. The number of hydrogen-bond acceptors (Lipinski definition) is 6. The molecule has 0 aliphatic carbocycles. The van der Waals surface area contributed by atoms with Crippen LogP contribution in [0.25, 0.3) is 0 Å². The van der Waals surface area contributed by atoms with Crippen LogP contribution in [0.3, 0.4) is 0 Å². The molecule has 0 atom stereocenters. The van der Waals surface area contributed by atoms with Crippen LogP contribution in [0, 0.1) is 11.3 Å². The monoisotopic (exact) mass is 369 g/mol. The summed E-state index contributed by atoms with van der Waals surface area (Å²) < 4.78 is 4.69. The first-order chi connectivity index (χ1) is 11.4. The number of aliphatic hydroxyl groups is 1. The molecule has 0 saturated heterocycles. The van der Waals surface area contributed by atoms with E-state index in [2.05, 4.69) is 10.1 Å². The lowest BCUT2D eigenvalue weighted by molar-refractivity contribution is -0.136. The van der Waals surface area contributed by atoms with Crippen LogP contribution in [-0.2, 0) is 14.3 Å². The molecule has 0 aromatic heterocycles. The standard InChI is InChI=1S/C15H13Cl2N3O4/c1-24-15(23)10-7-20(2-3-21)14(22)13(10)19-12-8(6-18)4-9(16)5-11(12)17/h4-5,19,21H,2-3,7H2,1H3. The average Bonchev–Trinajstić information content (AvgIpc) is 2.86. The SMILES string of the molecule is COC(=O)C1=C(Nc2c(Cl)cc(Cl)cc2C#N)C(=O)N(CCO)C1. The summed E-state index contributed by atoms with van der Waals surface area (Å²) in [4.78, 5) is 25.6. The first kappa shape index (κ1) is 18.1. The number of hydrogen-bond donors (Lipinski definition) is 2. The fraction of sp³-hybridized carbons (Fsp3) is 0.267.